The van der Waals surface area contributed by atoms with E-state index in [-0.39, 0.29) is 5.91 Å². The number of hydrogen-bond donors (Lipinski definition) is 2. The molecule has 82 valence electrons. The van der Waals surface area contributed by atoms with Crippen LogP contribution in [0.15, 0.2) is 18.3 Å². The maximum absolute atomic E-state index is 11.2. The number of aryl methyl sites for hydroxylation is 1. The van der Waals surface area contributed by atoms with Crippen molar-refractivity contribution in [1.29, 1.82) is 0 Å². The molecule has 0 bridgehead atoms. The standard InChI is InChI=1S/C11H17N3O/c1-2-3-4-5-10-8-9(6-7-13-10)11(15)14-12/h6-8H,2-5,12H2,1H3,(H,14,15). The van der Waals surface area contributed by atoms with Crippen LogP contribution in [0.3, 0.4) is 0 Å². The Labute approximate surface area is 89.9 Å². The Hall–Kier alpha value is -1.42. The minimum absolute atomic E-state index is 0.269. The van der Waals surface area contributed by atoms with Gasteiger partial charge in [-0.05, 0) is 25.0 Å². The van der Waals surface area contributed by atoms with Crippen LogP contribution in [-0.4, -0.2) is 10.9 Å². The van der Waals surface area contributed by atoms with E-state index in [2.05, 4.69) is 17.3 Å². The molecule has 0 saturated carbocycles. The van der Waals surface area contributed by atoms with Crippen LogP contribution in [-0.2, 0) is 6.42 Å². The fourth-order valence-corrected chi connectivity index (χ4v) is 1.40. The summed E-state index contributed by atoms with van der Waals surface area (Å²) in [5, 5.41) is 0. The lowest BCUT2D eigenvalue weighted by Crippen LogP contribution is -2.30. The Morgan fingerprint density at radius 3 is 3.00 bits per heavy atom. The summed E-state index contributed by atoms with van der Waals surface area (Å²) in [4.78, 5) is 15.4. The van der Waals surface area contributed by atoms with Crippen LogP contribution in [0.2, 0.25) is 0 Å². The van der Waals surface area contributed by atoms with Crippen molar-refractivity contribution in [3.05, 3.63) is 29.6 Å². The molecule has 4 nitrogen and oxygen atoms in total. The largest absolute Gasteiger partial charge is 0.290 e. The number of hydrazine groups is 1. The van der Waals surface area contributed by atoms with Gasteiger partial charge in [-0.1, -0.05) is 19.8 Å². The molecule has 0 radical (unpaired) electrons. The average molecular weight is 207 g/mol. The van der Waals surface area contributed by atoms with E-state index in [1.165, 1.54) is 12.8 Å². The highest BCUT2D eigenvalue weighted by Gasteiger charge is 2.04. The number of unbranched alkanes of at least 4 members (excludes halogenated alkanes) is 2. The first kappa shape index (κ1) is 11.7. The second-order valence-corrected chi connectivity index (χ2v) is 3.47. The van der Waals surface area contributed by atoms with Gasteiger partial charge in [0.15, 0.2) is 0 Å². The van der Waals surface area contributed by atoms with Gasteiger partial charge in [0, 0.05) is 17.5 Å². The quantitative estimate of drug-likeness (QED) is 0.332. The maximum Gasteiger partial charge on any atom is 0.265 e. The molecule has 0 saturated heterocycles. The topological polar surface area (TPSA) is 68.0 Å². The first-order valence-corrected chi connectivity index (χ1v) is 5.23. The van der Waals surface area contributed by atoms with Gasteiger partial charge in [-0.15, -0.1) is 0 Å². The number of nitrogens with zero attached hydrogens (tertiary/aromatic N) is 1. The third-order valence-electron chi connectivity index (χ3n) is 2.25. The van der Waals surface area contributed by atoms with Crippen molar-refractivity contribution in [3.63, 3.8) is 0 Å². The molecular weight excluding hydrogens is 190 g/mol. The number of carbonyl (C=O) groups excluding carboxylic acids is 1. The number of pyridine rings is 1. The van der Waals surface area contributed by atoms with Crippen LogP contribution < -0.4 is 11.3 Å². The Bertz CT molecular complexity index is 325. The number of rotatable bonds is 5. The first-order valence-electron chi connectivity index (χ1n) is 5.23. The van der Waals surface area contributed by atoms with Crippen molar-refractivity contribution < 1.29 is 4.79 Å². The zero-order chi connectivity index (χ0) is 11.1. The van der Waals surface area contributed by atoms with Crippen molar-refractivity contribution >= 4 is 5.91 Å². The molecule has 0 spiro atoms. The Kier molecular flexibility index (Phi) is 4.77. The first-order chi connectivity index (χ1) is 7.27. The maximum atomic E-state index is 11.2. The molecular formula is C11H17N3O. The van der Waals surface area contributed by atoms with Crippen molar-refractivity contribution in [1.82, 2.24) is 10.4 Å². The molecule has 15 heavy (non-hydrogen) atoms. The van der Waals surface area contributed by atoms with Crippen molar-refractivity contribution in [2.45, 2.75) is 32.6 Å². The molecule has 0 atom stereocenters. The predicted molar refractivity (Wildman–Crippen MR) is 59.1 cm³/mol. The summed E-state index contributed by atoms with van der Waals surface area (Å²) < 4.78 is 0. The van der Waals surface area contributed by atoms with Gasteiger partial charge >= 0.3 is 0 Å². The highest BCUT2D eigenvalue weighted by Crippen LogP contribution is 2.06. The number of nitrogen functional groups attached to an aromatic ring is 1. The molecule has 1 amide bonds. The monoisotopic (exact) mass is 207 g/mol. The number of nitrogens with one attached hydrogen (secondary N) is 1. The van der Waals surface area contributed by atoms with E-state index in [0.29, 0.717) is 5.56 Å². The number of amides is 1. The van der Waals surface area contributed by atoms with Gasteiger partial charge in [0.25, 0.3) is 5.91 Å². The van der Waals surface area contributed by atoms with Crippen molar-refractivity contribution in [2.75, 3.05) is 0 Å². The number of nitrogens with two attached hydrogens (primary N) is 1. The average Bonchev–Trinajstić information content (AvgIpc) is 2.29. The van der Waals surface area contributed by atoms with Gasteiger partial charge in [-0.3, -0.25) is 15.2 Å². The lowest BCUT2D eigenvalue weighted by Gasteiger charge is -2.02. The number of aromatic nitrogens is 1. The van der Waals surface area contributed by atoms with Gasteiger partial charge in [-0.25, -0.2) is 5.84 Å². The lowest BCUT2D eigenvalue weighted by atomic mass is 10.1. The summed E-state index contributed by atoms with van der Waals surface area (Å²) in [7, 11) is 0. The van der Waals surface area contributed by atoms with Crippen LogP contribution in [0.25, 0.3) is 0 Å². The van der Waals surface area contributed by atoms with Crippen LogP contribution in [0, 0.1) is 0 Å². The number of hydrogen-bond acceptors (Lipinski definition) is 3. The predicted octanol–water partition coefficient (Wildman–Crippen LogP) is 1.42. The van der Waals surface area contributed by atoms with Gasteiger partial charge in [-0.2, -0.15) is 0 Å². The summed E-state index contributed by atoms with van der Waals surface area (Å²) in [6.45, 7) is 2.16. The zero-order valence-electron chi connectivity index (χ0n) is 8.99. The molecule has 1 aromatic heterocycles. The molecule has 0 unspecified atom stereocenters. The van der Waals surface area contributed by atoms with Crippen molar-refractivity contribution in [3.8, 4) is 0 Å². The van der Waals surface area contributed by atoms with Crippen LogP contribution in [0.1, 0.15) is 42.2 Å². The molecule has 4 heteroatoms. The Morgan fingerprint density at radius 2 is 2.33 bits per heavy atom. The third-order valence-corrected chi connectivity index (χ3v) is 2.25. The molecule has 0 aromatic carbocycles. The molecule has 0 aliphatic carbocycles. The summed E-state index contributed by atoms with van der Waals surface area (Å²) >= 11 is 0. The Morgan fingerprint density at radius 1 is 1.53 bits per heavy atom. The highest BCUT2D eigenvalue weighted by atomic mass is 16.2. The fourth-order valence-electron chi connectivity index (χ4n) is 1.40. The zero-order valence-corrected chi connectivity index (χ0v) is 8.99. The molecule has 1 rings (SSSR count). The van der Waals surface area contributed by atoms with E-state index < -0.39 is 0 Å². The van der Waals surface area contributed by atoms with E-state index in [0.717, 1.165) is 18.5 Å². The molecule has 0 aliphatic rings. The SMILES string of the molecule is CCCCCc1cc(C(=O)NN)ccn1. The molecule has 1 aromatic rings. The summed E-state index contributed by atoms with van der Waals surface area (Å²) in [5.41, 5.74) is 3.63. The normalized spacial score (nSPS) is 10.0. The van der Waals surface area contributed by atoms with E-state index in [1.807, 2.05) is 0 Å². The van der Waals surface area contributed by atoms with E-state index in [9.17, 15) is 4.79 Å². The van der Waals surface area contributed by atoms with Gasteiger partial charge in [0.05, 0.1) is 0 Å². The fraction of sp³-hybridized carbons (Fsp3) is 0.455. The van der Waals surface area contributed by atoms with E-state index in [4.69, 9.17) is 5.84 Å². The number of carbonyl (C=O) groups is 1. The van der Waals surface area contributed by atoms with Gasteiger partial charge < -0.3 is 0 Å². The summed E-state index contributed by atoms with van der Waals surface area (Å²) in [6.07, 6.45) is 6.04. The summed E-state index contributed by atoms with van der Waals surface area (Å²) in [6, 6.07) is 3.45. The van der Waals surface area contributed by atoms with Crippen molar-refractivity contribution in [2.24, 2.45) is 5.84 Å². The molecule has 0 fully saturated rings. The molecule has 0 aliphatic heterocycles. The minimum atomic E-state index is -0.269. The minimum Gasteiger partial charge on any atom is -0.290 e. The van der Waals surface area contributed by atoms with E-state index >= 15 is 0 Å². The summed E-state index contributed by atoms with van der Waals surface area (Å²) in [5.74, 6) is 4.79. The Balaban J connectivity index is 2.62. The molecule has 3 N–H and O–H groups in total. The third kappa shape index (κ3) is 3.67. The molecule has 1 heterocycles. The second-order valence-electron chi connectivity index (χ2n) is 3.47. The lowest BCUT2D eigenvalue weighted by molar-refractivity contribution is 0.0953. The van der Waals surface area contributed by atoms with Crippen LogP contribution in [0.5, 0.6) is 0 Å². The van der Waals surface area contributed by atoms with Gasteiger partial charge in [0.2, 0.25) is 0 Å². The van der Waals surface area contributed by atoms with Crippen LogP contribution >= 0.6 is 0 Å². The highest BCUT2D eigenvalue weighted by molar-refractivity contribution is 5.93. The smallest absolute Gasteiger partial charge is 0.265 e. The van der Waals surface area contributed by atoms with Crippen LogP contribution in [0.4, 0.5) is 0 Å². The second kappa shape index (κ2) is 6.14. The van der Waals surface area contributed by atoms with E-state index in [1.54, 1.807) is 18.3 Å². The van der Waals surface area contributed by atoms with Gasteiger partial charge in [0.1, 0.15) is 0 Å².